The van der Waals surface area contributed by atoms with Crippen molar-refractivity contribution in [2.24, 2.45) is 0 Å². The number of rotatable bonds is 5. The minimum Gasteiger partial charge on any atom is -0.474 e. The van der Waals surface area contributed by atoms with Crippen LogP contribution >= 0.6 is 11.3 Å². The van der Waals surface area contributed by atoms with E-state index in [4.69, 9.17) is 4.74 Å². The lowest BCUT2D eigenvalue weighted by Crippen LogP contribution is -2.37. The Morgan fingerprint density at radius 1 is 1.24 bits per heavy atom. The Balaban J connectivity index is 1.35. The molecule has 10 heteroatoms. The van der Waals surface area contributed by atoms with Crippen molar-refractivity contribution in [2.45, 2.75) is 51.2 Å². The number of thiophene rings is 1. The van der Waals surface area contributed by atoms with Gasteiger partial charge < -0.3 is 20.7 Å². The topological polar surface area (TPSA) is 108 Å². The highest BCUT2D eigenvalue weighted by atomic mass is 32.1. The van der Waals surface area contributed by atoms with Crippen LogP contribution in [-0.2, 0) is 0 Å². The van der Waals surface area contributed by atoms with Crippen LogP contribution in [0.2, 0.25) is 0 Å². The molecule has 1 unspecified atom stereocenters. The van der Waals surface area contributed by atoms with Gasteiger partial charge in [-0.2, -0.15) is 0 Å². The van der Waals surface area contributed by atoms with Gasteiger partial charge in [-0.3, -0.25) is 9.69 Å². The molecule has 0 bridgehead atoms. The summed E-state index contributed by atoms with van der Waals surface area (Å²) in [6, 6.07) is 3.45. The highest BCUT2D eigenvalue weighted by Gasteiger charge is 2.34. The molecule has 176 valence electrons. The summed E-state index contributed by atoms with van der Waals surface area (Å²) in [5.41, 5.74) is 2.77. The molecule has 2 fully saturated rings. The Kier molecular flexibility index (Phi) is 5.34. The van der Waals surface area contributed by atoms with Gasteiger partial charge in [-0.15, -0.1) is 11.3 Å². The number of carbonyl (C=O) groups is 2. The van der Waals surface area contributed by atoms with Gasteiger partial charge in [0.05, 0.1) is 28.6 Å². The predicted molar refractivity (Wildman–Crippen MR) is 131 cm³/mol. The largest absolute Gasteiger partial charge is 0.474 e. The number of anilines is 3. The van der Waals surface area contributed by atoms with Gasteiger partial charge in [0.1, 0.15) is 15.8 Å². The number of hydrogen-bond donors (Lipinski definition) is 3. The number of nitrogens with one attached hydrogen (secondary N) is 3. The highest BCUT2D eigenvalue weighted by Crippen LogP contribution is 2.46. The Labute approximate surface area is 200 Å². The van der Waals surface area contributed by atoms with Crippen LogP contribution in [0.3, 0.4) is 0 Å². The fraction of sp³-hybridized carbons (Fsp3) is 0.417. The predicted octanol–water partition coefficient (Wildman–Crippen LogP) is 4.10. The number of carbonyl (C=O) groups excluding carboxylic acids is 2. The molecule has 6 rings (SSSR count). The van der Waals surface area contributed by atoms with Crippen molar-refractivity contribution in [1.82, 2.24) is 20.6 Å². The molecule has 3 aromatic rings. The van der Waals surface area contributed by atoms with E-state index in [1.807, 2.05) is 19.1 Å². The second kappa shape index (κ2) is 8.52. The van der Waals surface area contributed by atoms with Crippen molar-refractivity contribution in [3.8, 4) is 5.88 Å². The summed E-state index contributed by atoms with van der Waals surface area (Å²) in [6.45, 7) is 3.59. The van der Waals surface area contributed by atoms with Crippen molar-refractivity contribution >= 4 is 50.6 Å². The summed E-state index contributed by atoms with van der Waals surface area (Å²) < 4.78 is 6.04. The average Bonchev–Trinajstić information content (AvgIpc) is 3.58. The van der Waals surface area contributed by atoms with Crippen LogP contribution in [0, 0.1) is 6.92 Å². The van der Waals surface area contributed by atoms with Gasteiger partial charge in [-0.1, -0.05) is 0 Å². The zero-order chi connectivity index (χ0) is 23.2. The van der Waals surface area contributed by atoms with Crippen LogP contribution in [0.5, 0.6) is 5.88 Å². The number of hydrogen-bond acceptors (Lipinski definition) is 7. The third-order valence-corrected chi connectivity index (χ3v) is 7.83. The third-order valence-electron chi connectivity index (χ3n) is 6.74. The Bertz CT molecular complexity index is 1280. The molecule has 3 aliphatic rings. The summed E-state index contributed by atoms with van der Waals surface area (Å²) in [7, 11) is 0. The van der Waals surface area contributed by atoms with Gasteiger partial charge in [0, 0.05) is 24.8 Å². The van der Waals surface area contributed by atoms with Crippen LogP contribution < -0.4 is 25.6 Å². The molecular weight excluding hydrogens is 452 g/mol. The minimum atomic E-state index is -0.329. The molecule has 1 atom stereocenters. The number of nitrogens with zero attached hydrogens (tertiary/aromatic N) is 3. The van der Waals surface area contributed by atoms with Crippen molar-refractivity contribution in [3.63, 3.8) is 0 Å². The maximum Gasteiger partial charge on any atom is 0.331 e. The minimum absolute atomic E-state index is 0.0897. The standard InChI is InChI=1S/C24H26N6O3S/c1-13-10-18(33-15-4-2-3-5-15)27-12-17(13)30-16-7-9-26-23-19(16)20(29-24(30)32)21(34-23)22(31)28-14-6-8-25-11-14/h7,9-10,12,14-15,25H,2-6,8,11H2,1H3,(H,28,31)(H,29,32). The number of urea groups is 1. The molecule has 0 aromatic carbocycles. The summed E-state index contributed by atoms with van der Waals surface area (Å²) in [5.74, 6) is 0.402. The summed E-state index contributed by atoms with van der Waals surface area (Å²) in [5, 5.41) is 10.0. The van der Waals surface area contributed by atoms with Crippen LogP contribution in [0.4, 0.5) is 21.9 Å². The normalized spacial score (nSPS) is 20.1. The number of aryl methyl sites for hydroxylation is 1. The molecule has 0 radical (unpaired) electrons. The lowest BCUT2D eigenvalue weighted by atomic mass is 10.1. The molecule has 1 aliphatic carbocycles. The Morgan fingerprint density at radius 2 is 2.09 bits per heavy atom. The molecule has 3 aromatic heterocycles. The van der Waals surface area contributed by atoms with Gasteiger partial charge in [0.25, 0.3) is 5.91 Å². The van der Waals surface area contributed by atoms with E-state index in [1.165, 1.54) is 24.2 Å². The van der Waals surface area contributed by atoms with Gasteiger partial charge in [-0.05, 0) is 57.2 Å². The molecule has 9 nitrogen and oxygen atoms in total. The fourth-order valence-corrected chi connectivity index (χ4v) is 6.03. The van der Waals surface area contributed by atoms with Gasteiger partial charge >= 0.3 is 6.03 Å². The van der Waals surface area contributed by atoms with Crippen molar-refractivity contribution < 1.29 is 14.3 Å². The second-order valence-corrected chi connectivity index (χ2v) is 10.1. The number of amides is 3. The first-order valence-electron chi connectivity index (χ1n) is 11.8. The van der Waals surface area contributed by atoms with Crippen LogP contribution in [0.25, 0.3) is 10.2 Å². The molecule has 34 heavy (non-hydrogen) atoms. The van der Waals surface area contributed by atoms with Gasteiger partial charge in [0.15, 0.2) is 0 Å². The number of aromatic nitrogens is 2. The molecule has 3 N–H and O–H groups in total. The second-order valence-electron chi connectivity index (χ2n) is 9.08. The molecule has 3 amide bonds. The van der Waals surface area contributed by atoms with Gasteiger partial charge in [0.2, 0.25) is 5.88 Å². The Morgan fingerprint density at radius 3 is 2.85 bits per heavy atom. The van der Waals surface area contributed by atoms with Gasteiger partial charge in [-0.25, -0.2) is 14.8 Å². The first-order chi connectivity index (χ1) is 16.6. The third kappa shape index (κ3) is 3.67. The van der Waals surface area contributed by atoms with E-state index in [1.54, 1.807) is 17.3 Å². The number of ether oxygens (including phenoxy) is 1. The number of pyridine rings is 2. The molecule has 1 saturated heterocycles. The van der Waals surface area contributed by atoms with E-state index in [0.717, 1.165) is 43.3 Å². The summed E-state index contributed by atoms with van der Waals surface area (Å²) in [6.07, 6.45) is 8.95. The lowest BCUT2D eigenvalue weighted by Gasteiger charge is -2.29. The monoisotopic (exact) mass is 478 g/mol. The molecule has 1 saturated carbocycles. The van der Waals surface area contributed by atoms with E-state index < -0.39 is 0 Å². The molecule has 5 heterocycles. The van der Waals surface area contributed by atoms with Crippen LogP contribution in [-0.4, -0.2) is 47.1 Å². The van der Waals surface area contributed by atoms with Crippen LogP contribution in [0.1, 0.15) is 47.3 Å². The fourth-order valence-electron chi connectivity index (χ4n) is 5.01. The van der Waals surface area contributed by atoms with E-state index in [0.29, 0.717) is 32.6 Å². The van der Waals surface area contributed by atoms with E-state index in [-0.39, 0.29) is 24.1 Å². The summed E-state index contributed by atoms with van der Waals surface area (Å²) >= 11 is 1.30. The van der Waals surface area contributed by atoms with Crippen molar-refractivity contribution in [2.75, 3.05) is 23.3 Å². The van der Waals surface area contributed by atoms with E-state index in [2.05, 4.69) is 25.9 Å². The highest BCUT2D eigenvalue weighted by molar-refractivity contribution is 7.21. The lowest BCUT2D eigenvalue weighted by molar-refractivity contribution is 0.0945. The molecular formula is C24H26N6O3S. The quantitative estimate of drug-likeness (QED) is 0.510. The smallest absolute Gasteiger partial charge is 0.331 e. The zero-order valence-corrected chi connectivity index (χ0v) is 19.7. The summed E-state index contributed by atoms with van der Waals surface area (Å²) in [4.78, 5) is 38.1. The van der Waals surface area contributed by atoms with Crippen LogP contribution in [0.15, 0.2) is 24.5 Å². The van der Waals surface area contributed by atoms with E-state index >= 15 is 0 Å². The maximum atomic E-state index is 13.3. The Hall–Kier alpha value is -3.24. The average molecular weight is 479 g/mol. The van der Waals surface area contributed by atoms with E-state index in [9.17, 15) is 9.59 Å². The SMILES string of the molecule is Cc1cc(OC2CCCC2)ncc1N1C(=O)Nc2c(C(=O)NC3CCNC3)sc3nccc1c23. The molecule has 2 aliphatic heterocycles. The van der Waals surface area contributed by atoms with Crippen molar-refractivity contribution in [3.05, 3.63) is 35.0 Å². The molecule has 0 spiro atoms. The van der Waals surface area contributed by atoms with Crippen molar-refractivity contribution in [1.29, 1.82) is 0 Å². The maximum absolute atomic E-state index is 13.3. The first-order valence-corrected chi connectivity index (χ1v) is 12.6. The first kappa shape index (κ1) is 21.3. The zero-order valence-electron chi connectivity index (χ0n) is 18.9.